The van der Waals surface area contributed by atoms with E-state index in [2.05, 4.69) is 23.5 Å². The first-order valence-electron chi connectivity index (χ1n) is 6.49. The van der Waals surface area contributed by atoms with E-state index in [1.54, 1.807) is 0 Å². The van der Waals surface area contributed by atoms with Crippen LogP contribution in [0.15, 0.2) is 18.2 Å². The van der Waals surface area contributed by atoms with Crippen LogP contribution in [0.2, 0.25) is 0 Å². The van der Waals surface area contributed by atoms with Gasteiger partial charge in [0.25, 0.3) is 0 Å². The lowest BCUT2D eigenvalue weighted by atomic mass is 9.90. The lowest BCUT2D eigenvalue weighted by molar-refractivity contribution is 0.179. The average Bonchev–Trinajstić information content (AvgIpc) is 2.38. The molecule has 0 saturated carbocycles. The second kappa shape index (κ2) is 6.15. The minimum absolute atomic E-state index is 0.317. The fraction of sp³-hybridized carbons (Fsp3) is 0.571. The van der Waals surface area contributed by atoms with Crippen molar-refractivity contribution < 1.29 is 5.11 Å². The van der Waals surface area contributed by atoms with Crippen LogP contribution in [0.4, 0.5) is 0 Å². The molecule has 0 aromatic heterocycles. The lowest BCUT2D eigenvalue weighted by Crippen LogP contribution is -2.32. The van der Waals surface area contributed by atoms with Crippen molar-refractivity contribution in [2.45, 2.75) is 38.3 Å². The van der Waals surface area contributed by atoms with E-state index in [1.165, 1.54) is 42.4 Å². The molecule has 0 aliphatic heterocycles. The number of fused-ring (bicyclic) bond motifs is 1. The molecule has 0 spiro atoms. The van der Waals surface area contributed by atoms with Gasteiger partial charge in [0.2, 0.25) is 0 Å². The van der Waals surface area contributed by atoms with Crippen molar-refractivity contribution in [2.75, 3.05) is 13.1 Å². The van der Waals surface area contributed by atoms with Crippen LogP contribution in [0.5, 0.6) is 0 Å². The molecule has 4 N–H and O–H groups in total. The zero-order valence-corrected chi connectivity index (χ0v) is 10.3. The summed E-state index contributed by atoms with van der Waals surface area (Å²) in [4.78, 5) is 0. The monoisotopic (exact) mass is 234 g/mol. The topological polar surface area (TPSA) is 58.3 Å². The molecule has 17 heavy (non-hydrogen) atoms. The Balaban J connectivity index is 1.89. The summed E-state index contributed by atoms with van der Waals surface area (Å²) >= 11 is 0. The van der Waals surface area contributed by atoms with E-state index in [-0.39, 0.29) is 0 Å². The summed E-state index contributed by atoms with van der Waals surface area (Å²) < 4.78 is 0. The fourth-order valence-electron chi connectivity index (χ4n) is 2.36. The SMILES string of the molecule is NCC(O)CNCc1ccc2c(c1)CCCC2. The number of aliphatic hydroxyl groups is 1. The van der Waals surface area contributed by atoms with Crippen LogP contribution >= 0.6 is 0 Å². The maximum atomic E-state index is 9.34. The highest BCUT2D eigenvalue weighted by atomic mass is 16.3. The highest BCUT2D eigenvalue weighted by Gasteiger charge is 2.09. The van der Waals surface area contributed by atoms with Gasteiger partial charge in [-0.15, -0.1) is 0 Å². The van der Waals surface area contributed by atoms with Gasteiger partial charge in [0, 0.05) is 19.6 Å². The molecule has 2 rings (SSSR count). The van der Waals surface area contributed by atoms with Gasteiger partial charge in [0.15, 0.2) is 0 Å². The zero-order chi connectivity index (χ0) is 12.1. The molecule has 0 heterocycles. The second-order valence-electron chi connectivity index (χ2n) is 4.83. The highest BCUT2D eigenvalue weighted by Crippen LogP contribution is 2.22. The fourth-order valence-corrected chi connectivity index (χ4v) is 2.36. The lowest BCUT2D eigenvalue weighted by Gasteiger charge is -2.17. The summed E-state index contributed by atoms with van der Waals surface area (Å²) in [6.07, 6.45) is 4.65. The predicted molar refractivity (Wildman–Crippen MR) is 69.9 cm³/mol. The number of hydrogen-bond acceptors (Lipinski definition) is 3. The molecule has 0 radical (unpaired) electrons. The largest absolute Gasteiger partial charge is 0.390 e. The van der Waals surface area contributed by atoms with Gasteiger partial charge < -0.3 is 16.2 Å². The number of hydrogen-bond donors (Lipinski definition) is 3. The molecule has 0 saturated heterocycles. The Bertz CT molecular complexity index is 365. The predicted octanol–water partition coefficient (Wildman–Crippen LogP) is 0.975. The second-order valence-corrected chi connectivity index (χ2v) is 4.83. The normalized spacial score (nSPS) is 16.6. The first kappa shape index (κ1) is 12.6. The van der Waals surface area contributed by atoms with Crippen LogP contribution in [0.3, 0.4) is 0 Å². The van der Waals surface area contributed by atoms with Crippen LogP contribution in [0, 0.1) is 0 Å². The summed E-state index contributed by atoms with van der Waals surface area (Å²) in [6.45, 7) is 1.69. The van der Waals surface area contributed by atoms with E-state index >= 15 is 0 Å². The van der Waals surface area contributed by atoms with E-state index in [1.807, 2.05) is 0 Å². The number of aliphatic hydroxyl groups excluding tert-OH is 1. The summed E-state index contributed by atoms with van der Waals surface area (Å²) in [5.74, 6) is 0. The third-order valence-corrected chi connectivity index (χ3v) is 3.39. The average molecular weight is 234 g/mol. The Morgan fingerprint density at radius 3 is 2.76 bits per heavy atom. The van der Waals surface area contributed by atoms with Crippen LogP contribution in [0.25, 0.3) is 0 Å². The van der Waals surface area contributed by atoms with Crippen molar-refractivity contribution in [3.63, 3.8) is 0 Å². The smallest absolute Gasteiger partial charge is 0.0786 e. The quantitative estimate of drug-likeness (QED) is 0.711. The molecule has 3 nitrogen and oxygen atoms in total. The minimum Gasteiger partial charge on any atom is -0.390 e. The van der Waals surface area contributed by atoms with Gasteiger partial charge >= 0.3 is 0 Å². The third-order valence-electron chi connectivity index (χ3n) is 3.39. The van der Waals surface area contributed by atoms with Crippen molar-refractivity contribution >= 4 is 0 Å². The van der Waals surface area contributed by atoms with Gasteiger partial charge in [-0.3, -0.25) is 0 Å². The summed E-state index contributed by atoms with van der Waals surface area (Å²) in [6, 6.07) is 6.74. The van der Waals surface area contributed by atoms with Crippen LogP contribution < -0.4 is 11.1 Å². The number of rotatable bonds is 5. The highest BCUT2D eigenvalue weighted by molar-refractivity contribution is 5.33. The van der Waals surface area contributed by atoms with Crippen molar-refractivity contribution in [1.29, 1.82) is 0 Å². The van der Waals surface area contributed by atoms with Crippen LogP contribution in [-0.2, 0) is 19.4 Å². The van der Waals surface area contributed by atoms with Gasteiger partial charge in [-0.05, 0) is 42.4 Å². The van der Waals surface area contributed by atoms with E-state index in [9.17, 15) is 5.11 Å². The Kier molecular flexibility index (Phi) is 4.54. The molecular formula is C14H22N2O. The molecule has 1 aromatic rings. The first-order chi connectivity index (χ1) is 8.29. The standard InChI is InChI=1S/C14H22N2O/c15-8-14(17)10-16-9-11-5-6-12-3-1-2-4-13(12)7-11/h5-7,14,16-17H,1-4,8-10,15H2. The molecule has 1 unspecified atom stereocenters. The maximum Gasteiger partial charge on any atom is 0.0786 e. The maximum absolute atomic E-state index is 9.34. The van der Waals surface area contributed by atoms with E-state index < -0.39 is 6.10 Å². The molecular weight excluding hydrogens is 212 g/mol. The van der Waals surface area contributed by atoms with E-state index in [0.717, 1.165) is 6.54 Å². The molecule has 1 aliphatic carbocycles. The number of nitrogens with two attached hydrogens (primary N) is 1. The summed E-state index contributed by atoms with van der Waals surface area (Å²) in [7, 11) is 0. The van der Waals surface area contributed by atoms with Crippen molar-refractivity contribution in [3.8, 4) is 0 Å². The molecule has 3 heteroatoms. The van der Waals surface area contributed by atoms with Gasteiger partial charge in [-0.1, -0.05) is 18.2 Å². The number of benzene rings is 1. The molecule has 1 aromatic carbocycles. The zero-order valence-electron chi connectivity index (χ0n) is 10.3. The Morgan fingerprint density at radius 1 is 1.24 bits per heavy atom. The van der Waals surface area contributed by atoms with Crippen molar-refractivity contribution in [3.05, 3.63) is 34.9 Å². The Labute approximate surface area is 103 Å². The van der Waals surface area contributed by atoms with Gasteiger partial charge in [-0.2, -0.15) is 0 Å². The molecule has 0 bridgehead atoms. The van der Waals surface area contributed by atoms with Crippen LogP contribution in [0.1, 0.15) is 29.5 Å². The molecule has 1 atom stereocenters. The van der Waals surface area contributed by atoms with Gasteiger partial charge in [0.05, 0.1) is 6.10 Å². The van der Waals surface area contributed by atoms with Crippen LogP contribution in [-0.4, -0.2) is 24.3 Å². The Hall–Kier alpha value is -0.900. The molecule has 1 aliphatic rings. The molecule has 94 valence electrons. The third kappa shape index (κ3) is 3.53. The van der Waals surface area contributed by atoms with Gasteiger partial charge in [-0.25, -0.2) is 0 Å². The molecule has 0 amide bonds. The van der Waals surface area contributed by atoms with E-state index in [4.69, 9.17) is 5.73 Å². The van der Waals surface area contributed by atoms with Gasteiger partial charge in [0.1, 0.15) is 0 Å². The van der Waals surface area contributed by atoms with Crippen molar-refractivity contribution in [1.82, 2.24) is 5.32 Å². The summed E-state index contributed by atoms with van der Waals surface area (Å²) in [5, 5.41) is 12.6. The number of nitrogens with one attached hydrogen (secondary N) is 1. The number of aryl methyl sites for hydroxylation is 2. The summed E-state index contributed by atoms with van der Waals surface area (Å²) in [5.41, 5.74) is 9.68. The minimum atomic E-state index is -0.437. The van der Waals surface area contributed by atoms with Crippen molar-refractivity contribution in [2.24, 2.45) is 5.73 Å². The Morgan fingerprint density at radius 2 is 2.00 bits per heavy atom. The first-order valence-corrected chi connectivity index (χ1v) is 6.49. The molecule has 0 fully saturated rings. The van der Waals surface area contributed by atoms with E-state index in [0.29, 0.717) is 13.1 Å².